The third-order valence-electron chi connectivity index (χ3n) is 5.98. The fraction of sp³-hybridized carbons (Fsp3) is 0.192. The summed E-state index contributed by atoms with van der Waals surface area (Å²) in [6, 6.07) is 18.6. The summed E-state index contributed by atoms with van der Waals surface area (Å²) in [6.07, 6.45) is 0. The van der Waals surface area contributed by atoms with E-state index >= 15 is 0 Å². The molecular formula is C26H23ClN2O4. The van der Waals surface area contributed by atoms with Crippen LogP contribution in [-0.2, 0) is 4.74 Å². The number of ether oxygens (including phenoxy) is 2. The highest BCUT2D eigenvalue weighted by atomic mass is 35.5. The van der Waals surface area contributed by atoms with Gasteiger partial charge in [0.05, 0.1) is 36.4 Å². The molecule has 2 N–H and O–H groups in total. The number of ketones is 1. The van der Waals surface area contributed by atoms with Crippen LogP contribution < -0.4 is 9.64 Å². The number of carbonyl (C=O) groups excluding carboxylic acids is 1. The number of halogens is 1. The molecule has 0 saturated carbocycles. The summed E-state index contributed by atoms with van der Waals surface area (Å²) in [5.74, 6) is 0.0894. The lowest BCUT2D eigenvalue weighted by Crippen LogP contribution is -2.36. The Balaban J connectivity index is 1.54. The van der Waals surface area contributed by atoms with Gasteiger partial charge in [-0.15, -0.1) is 0 Å². The molecule has 6 nitrogen and oxygen atoms in total. The molecule has 3 aromatic carbocycles. The van der Waals surface area contributed by atoms with E-state index in [1.165, 1.54) is 0 Å². The van der Waals surface area contributed by atoms with Crippen molar-refractivity contribution in [1.82, 2.24) is 4.98 Å². The van der Waals surface area contributed by atoms with Gasteiger partial charge >= 0.3 is 0 Å². The van der Waals surface area contributed by atoms with Gasteiger partial charge in [0.2, 0.25) is 5.88 Å². The van der Waals surface area contributed by atoms with Crippen molar-refractivity contribution in [3.63, 3.8) is 0 Å². The standard InChI is InChI=1S/C26H23ClN2O4/c1-32-19-4-2-3-17(13-19)25(30)24-21-14-20(22(27)15-23(21)28-26(24)31)16-5-7-18(8-6-16)29-9-11-33-12-10-29/h2-8,13-15,28,31H,9-12H2,1H3. The van der Waals surface area contributed by atoms with Crippen molar-refractivity contribution in [2.24, 2.45) is 0 Å². The Labute approximate surface area is 196 Å². The lowest BCUT2D eigenvalue weighted by molar-refractivity contribution is 0.103. The van der Waals surface area contributed by atoms with Crippen LogP contribution in [0.4, 0.5) is 5.69 Å². The van der Waals surface area contributed by atoms with Crippen LogP contribution in [0.1, 0.15) is 15.9 Å². The second-order valence-corrected chi connectivity index (χ2v) is 8.34. The number of fused-ring (bicyclic) bond motifs is 1. The predicted molar refractivity (Wildman–Crippen MR) is 130 cm³/mol. The van der Waals surface area contributed by atoms with Crippen molar-refractivity contribution >= 4 is 34.0 Å². The van der Waals surface area contributed by atoms with Crippen LogP contribution in [0, 0.1) is 0 Å². The minimum Gasteiger partial charge on any atom is -0.497 e. The lowest BCUT2D eigenvalue weighted by Gasteiger charge is -2.29. The van der Waals surface area contributed by atoms with Crippen molar-refractivity contribution in [3.05, 3.63) is 76.8 Å². The minimum absolute atomic E-state index is 0.186. The molecule has 1 aliphatic rings. The van der Waals surface area contributed by atoms with Gasteiger partial charge in [-0.05, 0) is 42.0 Å². The van der Waals surface area contributed by atoms with Gasteiger partial charge in [-0.1, -0.05) is 35.9 Å². The van der Waals surface area contributed by atoms with Gasteiger partial charge in [0.1, 0.15) is 5.75 Å². The number of nitrogens with one attached hydrogen (secondary N) is 1. The predicted octanol–water partition coefficient (Wildman–Crippen LogP) is 5.27. The third kappa shape index (κ3) is 4.03. The number of aromatic amines is 1. The first kappa shape index (κ1) is 21.4. The van der Waals surface area contributed by atoms with Crippen LogP contribution in [0.5, 0.6) is 11.6 Å². The number of morpholine rings is 1. The highest BCUT2D eigenvalue weighted by Crippen LogP contribution is 2.38. The van der Waals surface area contributed by atoms with Gasteiger partial charge in [-0.3, -0.25) is 4.79 Å². The maximum absolute atomic E-state index is 13.3. The van der Waals surface area contributed by atoms with Crippen LogP contribution in [0.2, 0.25) is 5.02 Å². The van der Waals surface area contributed by atoms with Crippen LogP contribution in [0.25, 0.3) is 22.0 Å². The molecular weight excluding hydrogens is 440 g/mol. The first-order valence-electron chi connectivity index (χ1n) is 10.7. The van der Waals surface area contributed by atoms with Crippen LogP contribution in [-0.4, -0.2) is 49.3 Å². The number of methoxy groups -OCH3 is 1. The number of hydrogen-bond donors (Lipinski definition) is 2. The second-order valence-electron chi connectivity index (χ2n) is 7.93. The first-order valence-corrected chi connectivity index (χ1v) is 11.1. The summed E-state index contributed by atoms with van der Waals surface area (Å²) >= 11 is 6.59. The number of carbonyl (C=O) groups is 1. The van der Waals surface area contributed by atoms with Crippen LogP contribution in [0.3, 0.4) is 0 Å². The maximum atomic E-state index is 13.3. The number of aromatic hydroxyl groups is 1. The van der Waals surface area contributed by atoms with Crippen molar-refractivity contribution in [2.75, 3.05) is 38.3 Å². The number of anilines is 1. The van der Waals surface area contributed by atoms with Gasteiger partial charge < -0.3 is 24.5 Å². The van der Waals surface area contributed by atoms with Crippen molar-refractivity contribution in [3.8, 4) is 22.8 Å². The van der Waals surface area contributed by atoms with E-state index < -0.39 is 0 Å². The summed E-state index contributed by atoms with van der Waals surface area (Å²) in [5, 5.41) is 11.7. The fourth-order valence-corrected chi connectivity index (χ4v) is 4.51. The van der Waals surface area contributed by atoms with Gasteiger partial charge in [0.25, 0.3) is 0 Å². The Kier molecular flexibility index (Phi) is 5.70. The zero-order chi connectivity index (χ0) is 22.9. The SMILES string of the molecule is COc1cccc(C(=O)c2c(O)[nH]c3cc(Cl)c(-c4ccc(N5CCOCC5)cc4)cc23)c1. The molecule has 0 aliphatic carbocycles. The zero-order valence-corrected chi connectivity index (χ0v) is 18.9. The minimum atomic E-state index is -0.298. The number of hydrogen-bond acceptors (Lipinski definition) is 5. The molecule has 7 heteroatoms. The largest absolute Gasteiger partial charge is 0.497 e. The monoisotopic (exact) mass is 462 g/mol. The van der Waals surface area contributed by atoms with E-state index in [1.807, 2.05) is 18.2 Å². The molecule has 0 spiro atoms. The first-order chi connectivity index (χ1) is 16.0. The van der Waals surface area contributed by atoms with Crippen LogP contribution in [0.15, 0.2) is 60.7 Å². The van der Waals surface area contributed by atoms with E-state index in [9.17, 15) is 9.90 Å². The molecule has 33 heavy (non-hydrogen) atoms. The van der Waals surface area contributed by atoms with E-state index in [0.29, 0.717) is 27.2 Å². The number of benzene rings is 3. The number of nitrogens with zero attached hydrogens (tertiary/aromatic N) is 1. The molecule has 1 fully saturated rings. The Morgan fingerprint density at radius 3 is 2.58 bits per heavy atom. The molecule has 0 radical (unpaired) electrons. The summed E-state index contributed by atoms with van der Waals surface area (Å²) < 4.78 is 10.7. The topological polar surface area (TPSA) is 74.8 Å². The molecule has 168 valence electrons. The molecule has 5 rings (SSSR count). The molecule has 0 amide bonds. The molecule has 1 aliphatic heterocycles. The highest BCUT2D eigenvalue weighted by molar-refractivity contribution is 6.34. The maximum Gasteiger partial charge on any atom is 0.200 e. The Hall–Kier alpha value is -3.48. The fourth-order valence-electron chi connectivity index (χ4n) is 4.23. The quantitative estimate of drug-likeness (QED) is 0.395. The van der Waals surface area contributed by atoms with E-state index in [4.69, 9.17) is 21.1 Å². The molecule has 1 aromatic heterocycles. The zero-order valence-electron chi connectivity index (χ0n) is 18.1. The van der Waals surface area contributed by atoms with Gasteiger partial charge in [0, 0.05) is 35.3 Å². The normalized spacial score (nSPS) is 13.9. The summed E-state index contributed by atoms with van der Waals surface area (Å²) in [4.78, 5) is 18.4. The van der Waals surface area contributed by atoms with E-state index in [2.05, 4.69) is 22.0 Å². The highest BCUT2D eigenvalue weighted by Gasteiger charge is 2.22. The van der Waals surface area contributed by atoms with Crippen molar-refractivity contribution in [1.29, 1.82) is 0 Å². The third-order valence-corrected chi connectivity index (χ3v) is 6.29. The van der Waals surface area contributed by atoms with E-state index in [1.54, 1.807) is 37.4 Å². The van der Waals surface area contributed by atoms with Gasteiger partial charge in [0.15, 0.2) is 5.78 Å². The summed E-state index contributed by atoms with van der Waals surface area (Å²) in [5.41, 5.74) is 4.08. The van der Waals surface area contributed by atoms with E-state index in [0.717, 1.165) is 43.1 Å². The molecule has 0 unspecified atom stereocenters. The molecule has 2 heterocycles. The van der Waals surface area contributed by atoms with Crippen molar-refractivity contribution in [2.45, 2.75) is 0 Å². The average molecular weight is 463 g/mol. The van der Waals surface area contributed by atoms with Crippen LogP contribution >= 0.6 is 11.6 Å². The Morgan fingerprint density at radius 2 is 1.85 bits per heavy atom. The Morgan fingerprint density at radius 1 is 1.09 bits per heavy atom. The molecule has 1 saturated heterocycles. The average Bonchev–Trinajstić information content (AvgIpc) is 3.18. The van der Waals surface area contributed by atoms with Crippen molar-refractivity contribution < 1.29 is 19.4 Å². The van der Waals surface area contributed by atoms with Gasteiger partial charge in [-0.25, -0.2) is 0 Å². The molecule has 0 bridgehead atoms. The molecule has 4 aromatic rings. The number of aromatic nitrogens is 1. The summed E-state index contributed by atoms with van der Waals surface area (Å²) in [6.45, 7) is 3.19. The second kappa shape index (κ2) is 8.81. The lowest BCUT2D eigenvalue weighted by atomic mass is 9.98. The number of H-pyrrole nitrogens is 1. The number of rotatable bonds is 5. The Bertz CT molecular complexity index is 1320. The molecule has 0 atom stereocenters. The van der Waals surface area contributed by atoms with Gasteiger partial charge in [-0.2, -0.15) is 0 Å². The summed E-state index contributed by atoms with van der Waals surface area (Å²) in [7, 11) is 1.55. The van der Waals surface area contributed by atoms with E-state index in [-0.39, 0.29) is 17.2 Å². The smallest absolute Gasteiger partial charge is 0.200 e.